The summed E-state index contributed by atoms with van der Waals surface area (Å²) in [6.07, 6.45) is -0.536. The Morgan fingerprint density at radius 3 is 2.22 bits per heavy atom. The van der Waals surface area contributed by atoms with Crippen molar-refractivity contribution < 1.29 is 14.3 Å². The first-order valence-electron chi connectivity index (χ1n) is 9.03. The van der Waals surface area contributed by atoms with Gasteiger partial charge < -0.3 is 20.7 Å². The normalized spacial score (nSPS) is 11.7. The van der Waals surface area contributed by atoms with Crippen molar-refractivity contribution in [2.75, 3.05) is 5.32 Å². The molecule has 0 aliphatic rings. The molecule has 27 heavy (non-hydrogen) atoms. The van der Waals surface area contributed by atoms with E-state index in [9.17, 15) is 9.59 Å². The molecular weight excluding hydrogens is 342 g/mol. The molecule has 6 nitrogen and oxygen atoms in total. The number of ether oxygens (including phenoxy) is 1. The van der Waals surface area contributed by atoms with Gasteiger partial charge in [-0.05, 0) is 44.0 Å². The summed E-state index contributed by atoms with van der Waals surface area (Å²) in [4.78, 5) is 23.8. The second-order valence-corrected chi connectivity index (χ2v) is 6.61. The number of urea groups is 1. The van der Waals surface area contributed by atoms with Gasteiger partial charge in [-0.3, -0.25) is 4.79 Å². The zero-order chi connectivity index (χ0) is 19.6. The molecule has 1 unspecified atom stereocenters. The first kappa shape index (κ1) is 20.5. The number of rotatable bonds is 8. The molecular formula is C21H27N3O3. The lowest BCUT2D eigenvalue weighted by molar-refractivity contribution is -0.132. The van der Waals surface area contributed by atoms with Crippen LogP contribution in [0.1, 0.15) is 31.9 Å². The molecule has 0 saturated heterocycles. The molecule has 0 aliphatic carbocycles. The Morgan fingerprint density at radius 2 is 1.59 bits per heavy atom. The van der Waals surface area contributed by atoms with Crippen LogP contribution in [0.3, 0.4) is 0 Å². The third-order valence-electron chi connectivity index (χ3n) is 3.81. The van der Waals surface area contributed by atoms with Gasteiger partial charge in [-0.15, -0.1) is 0 Å². The van der Waals surface area contributed by atoms with Crippen LogP contribution in [-0.2, 0) is 22.7 Å². The monoisotopic (exact) mass is 369 g/mol. The van der Waals surface area contributed by atoms with Gasteiger partial charge >= 0.3 is 6.03 Å². The van der Waals surface area contributed by atoms with Gasteiger partial charge in [-0.25, -0.2) is 4.79 Å². The van der Waals surface area contributed by atoms with Crippen LogP contribution in [0.15, 0.2) is 54.6 Å². The molecule has 0 spiro atoms. The molecule has 0 radical (unpaired) electrons. The van der Waals surface area contributed by atoms with Crippen molar-refractivity contribution in [3.8, 4) is 0 Å². The summed E-state index contributed by atoms with van der Waals surface area (Å²) in [6, 6.07) is 16.9. The molecule has 6 heteroatoms. The molecule has 144 valence electrons. The van der Waals surface area contributed by atoms with Gasteiger partial charge in [-0.1, -0.05) is 42.5 Å². The van der Waals surface area contributed by atoms with E-state index in [1.165, 1.54) is 0 Å². The third-order valence-corrected chi connectivity index (χ3v) is 3.81. The number of amides is 3. The van der Waals surface area contributed by atoms with Gasteiger partial charge in [0.25, 0.3) is 0 Å². The van der Waals surface area contributed by atoms with Crippen molar-refractivity contribution in [2.45, 2.75) is 46.1 Å². The minimum atomic E-state index is -0.536. The number of hydrogen-bond donors (Lipinski definition) is 3. The zero-order valence-electron chi connectivity index (χ0n) is 16.0. The van der Waals surface area contributed by atoms with E-state index in [0.29, 0.717) is 18.8 Å². The summed E-state index contributed by atoms with van der Waals surface area (Å²) >= 11 is 0. The molecule has 0 heterocycles. The fourth-order valence-electron chi connectivity index (χ4n) is 2.34. The van der Waals surface area contributed by atoms with Crippen molar-refractivity contribution in [3.05, 3.63) is 65.7 Å². The summed E-state index contributed by atoms with van der Waals surface area (Å²) in [5.74, 6) is -0.163. The second kappa shape index (κ2) is 10.3. The standard InChI is InChI=1S/C21H27N3O3/c1-15(2)23-21(26)24-19-11-9-17(10-12-19)13-22-20(25)16(3)27-14-18-7-5-4-6-8-18/h4-12,15-16H,13-14H2,1-3H3,(H,22,25)(H2,23,24,26). The molecule has 2 aromatic carbocycles. The van der Waals surface area contributed by atoms with E-state index in [2.05, 4.69) is 16.0 Å². The van der Waals surface area contributed by atoms with E-state index in [0.717, 1.165) is 11.1 Å². The first-order valence-corrected chi connectivity index (χ1v) is 9.03. The highest BCUT2D eigenvalue weighted by Crippen LogP contribution is 2.10. The Kier molecular flexibility index (Phi) is 7.82. The molecule has 2 rings (SSSR count). The molecule has 3 amide bonds. The maximum Gasteiger partial charge on any atom is 0.319 e. The third kappa shape index (κ3) is 7.50. The minimum absolute atomic E-state index is 0.0746. The first-order chi connectivity index (χ1) is 12.9. The zero-order valence-corrected chi connectivity index (χ0v) is 16.0. The Balaban J connectivity index is 1.75. The van der Waals surface area contributed by atoms with Crippen LogP contribution in [0.25, 0.3) is 0 Å². The highest BCUT2D eigenvalue weighted by atomic mass is 16.5. The largest absolute Gasteiger partial charge is 0.364 e. The highest BCUT2D eigenvalue weighted by molar-refractivity contribution is 5.89. The molecule has 0 aliphatic heterocycles. The number of anilines is 1. The van der Waals surface area contributed by atoms with E-state index in [1.807, 2.05) is 56.3 Å². The van der Waals surface area contributed by atoms with Gasteiger partial charge in [-0.2, -0.15) is 0 Å². The van der Waals surface area contributed by atoms with Gasteiger partial charge in [0.2, 0.25) is 5.91 Å². The number of benzene rings is 2. The predicted octanol–water partition coefficient (Wildman–Crippen LogP) is 3.44. The van der Waals surface area contributed by atoms with E-state index in [-0.39, 0.29) is 18.0 Å². The molecule has 0 bridgehead atoms. The fourth-order valence-corrected chi connectivity index (χ4v) is 2.34. The summed E-state index contributed by atoms with van der Waals surface area (Å²) < 4.78 is 5.61. The Labute approximate surface area is 160 Å². The molecule has 2 aromatic rings. The van der Waals surface area contributed by atoms with E-state index < -0.39 is 6.10 Å². The topological polar surface area (TPSA) is 79.5 Å². The van der Waals surface area contributed by atoms with E-state index in [4.69, 9.17) is 4.74 Å². The van der Waals surface area contributed by atoms with Crippen LogP contribution < -0.4 is 16.0 Å². The molecule has 1 atom stereocenters. The van der Waals surface area contributed by atoms with Gasteiger partial charge in [0.1, 0.15) is 6.10 Å². The molecule has 0 aromatic heterocycles. The fraction of sp³-hybridized carbons (Fsp3) is 0.333. The summed E-state index contributed by atoms with van der Waals surface area (Å²) in [6.45, 7) is 6.33. The van der Waals surface area contributed by atoms with Crippen molar-refractivity contribution in [3.63, 3.8) is 0 Å². The van der Waals surface area contributed by atoms with Crippen molar-refractivity contribution in [2.24, 2.45) is 0 Å². The van der Waals surface area contributed by atoms with Gasteiger partial charge in [0, 0.05) is 18.3 Å². The number of nitrogens with one attached hydrogen (secondary N) is 3. The van der Waals surface area contributed by atoms with Crippen molar-refractivity contribution in [1.29, 1.82) is 0 Å². The van der Waals surface area contributed by atoms with Crippen LogP contribution in [0.5, 0.6) is 0 Å². The lowest BCUT2D eigenvalue weighted by atomic mass is 10.2. The van der Waals surface area contributed by atoms with Crippen LogP contribution in [0, 0.1) is 0 Å². The van der Waals surface area contributed by atoms with Gasteiger partial charge in [0.15, 0.2) is 0 Å². The average molecular weight is 369 g/mol. The van der Waals surface area contributed by atoms with Crippen LogP contribution in [0.2, 0.25) is 0 Å². The molecule has 0 fully saturated rings. The molecule has 3 N–H and O–H groups in total. The summed E-state index contributed by atoms with van der Waals surface area (Å²) in [5, 5.41) is 8.38. The highest BCUT2D eigenvalue weighted by Gasteiger charge is 2.13. The number of hydrogen-bond acceptors (Lipinski definition) is 3. The SMILES string of the molecule is CC(C)NC(=O)Nc1ccc(CNC(=O)C(C)OCc2ccccc2)cc1. The average Bonchev–Trinajstić information content (AvgIpc) is 2.65. The lowest BCUT2D eigenvalue weighted by Gasteiger charge is -2.14. The lowest BCUT2D eigenvalue weighted by Crippen LogP contribution is -2.34. The van der Waals surface area contributed by atoms with Crippen molar-refractivity contribution in [1.82, 2.24) is 10.6 Å². The van der Waals surface area contributed by atoms with Crippen molar-refractivity contribution >= 4 is 17.6 Å². The van der Waals surface area contributed by atoms with Crippen LogP contribution in [0.4, 0.5) is 10.5 Å². The smallest absolute Gasteiger partial charge is 0.319 e. The minimum Gasteiger partial charge on any atom is -0.364 e. The molecule has 0 saturated carbocycles. The number of carbonyl (C=O) groups is 2. The van der Waals surface area contributed by atoms with Crippen LogP contribution >= 0.6 is 0 Å². The number of carbonyl (C=O) groups excluding carboxylic acids is 2. The second-order valence-electron chi connectivity index (χ2n) is 6.61. The van der Waals surface area contributed by atoms with E-state index >= 15 is 0 Å². The summed E-state index contributed by atoms with van der Waals surface area (Å²) in [7, 11) is 0. The van der Waals surface area contributed by atoms with E-state index in [1.54, 1.807) is 19.1 Å². The maximum atomic E-state index is 12.2. The van der Waals surface area contributed by atoms with Crippen LogP contribution in [-0.4, -0.2) is 24.1 Å². The van der Waals surface area contributed by atoms with Gasteiger partial charge in [0.05, 0.1) is 6.61 Å². The summed E-state index contributed by atoms with van der Waals surface area (Å²) in [5.41, 5.74) is 2.66. The Morgan fingerprint density at radius 1 is 0.926 bits per heavy atom. The maximum absolute atomic E-state index is 12.2. The Hall–Kier alpha value is -2.86. The quantitative estimate of drug-likeness (QED) is 0.667. The Bertz CT molecular complexity index is 730. The predicted molar refractivity (Wildman–Crippen MR) is 106 cm³/mol.